The monoisotopic (exact) mass is 412 g/mol. The molecule has 1 saturated heterocycles. The summed E-state index contributed by atoms with van der Waals surface area (Å²) in [6.45, 7) is 6.25. The van der Waals surface area contributed by atoms with Gasteiger partial charge in [0.05, 0.1) is 12.2 Å². The molecule has 1 atom stereocenters. The van der Waals surface area contributed by atoms with Crippen LogP contribution in [0.2, 0.25) is 0 Å². The third-order valence-corrected chi connectivity index (χ3v) is 5.35. The number of aromatic amines is 1. The van der Waals surface area contributed by atoms with Gasteiger partial charge in [0.15, 0.2) is 5.75 Å². The van der Waals surface area contributed by atoms with Gasteiger partial charge in [0.1, 0.15) is 5.75 Å². The van der Waals surface area contributed by atoms with Crippen LogP contribution in [0, 0.1) is 5.92 Å². The van der Waals surface area contributed by atoms with E-state index in [1.165, 1.54) is 19.0 Å². The van der Waals surface area contributed by atoms with Gasteiger partial charge in [0.25, 0.3) is 5.56 Å². The number of carbonyl (C=O) groups is 2. The number of aromatic nitrogens is 1. The number of nitrogens with zero attached hydrogens (tertiary/aromatic N) is 1. The lowest BCUT2D eigenvalue weighted by molar-refractivity contribution is -0.155. The first-order chi connectivity index (χ1) is 14.5. The van der Waals surface area contributed by atoms with Gasteiger partial charge in [-0.2, -0.15) is 0 Å². The van der Waals surface area contributed by atoms with Crippen LogP contribution < -0.4 is 19.8 Å². The second-order valence-corrected chi connectivity index (χ2v) is 7.74. The van der Waals surface area contributed by atoms with Gasteiger partial charge in [-0.3, -0.25) is 4.79 Å². The zero-order valence-electron chi connectivity index (χ0n) is 16.8. The van der Waals surface area contributed by atoms with Gasteiger partial charge in [0, 0.05) is 19.3 Å². The first-order valence-corrected chi connectivity index (χ1v) is 10.2. The highest BCUT2D eigenvalue weighted by Gasteiger charge is 2.30. The van der Waals surface area contributed by atoms with Gasteiger partial charge in [-0.05, 0) is 49.4 Å². The Hall–Kier alpha value is -3.13. The Balaban J connectivity index is 1.41. The van der Waals surface area contributed by atoms with E-state index >= 15 is 0 Å². The van der Waals surface area contributed by atoms with Crippen LogP contribution in [-0.4, -0.2) is 48.1 Å². The SMILES string of the molecule is C[C@H]1CCCN(CCCOc2ccc(-c3c4c[nH]c(=O)c3OC(=O)C(=O)O4)cc2)C1. The first kappa shape index (κ1) is 20.2. The molecule has 0 radical (unpaired) electrons. The van der Waals surface area contributed by atoms with Gasteiger partial charge in [0.2, 0.25) is 5.75 Å². The molecular weight excluding hydrogens is 388 g/mol. The maximum Gasteiger partial charge on any atom is 0.423 e. The zero-order chi connectivity index (χ0) is 21.1. The Morgan fingerprint density at radius 3 is 2.67 bits per heavy atom. The van der Waals surface area contributed by atoms with Crippen molar-refractivity contribution in [1.29, 1.82) is 0 Å². The van der Waals surface area contributed by atoms with Crippen LogP contribution in [0.4, 0.5) is 0 Å². The third kappa shape index (κ3) is 4.38. The van der Waals surface area contributed by atoms with Crippen LogP contribution in [0.25, 0.3) is 11.1 Å². The third-order valence-electron chi connectivity index (χ3n) is 5.35. The van der Waals surface area contributed by atoms with Crippen LogP contribution >= 0.6 is 0 Å². The molecule has 0 spiro atoms. The molecule has 3 heterocycles. The molecule has 1 aromatic heterocycles. The van der Waals surface area contributed by atoms with Gasteiger partial charge in [-0.25, -0.2) is 9.59 Å². The summed E-state index contributed by atoms with van der Waals surface area (Å²) in [5, 5.41) is 0. The van der Waals surface area contributed by atoms with Crippen LogP contribution in [0.15, 0.2) is 35.3 Å². The van der Waals surface area contributed by atoms with Crippen molar-refractivity contribution in [2.45, 2.75) is 26.2 Å². The summed E-state index contributed by atoms with van der Waals surface area (Å²) in [7, 11) is 0. The van der Waals surface area contributed by atoms with Gasteiger partial charge in [-0.15, -0.1) is 0 Å². The molecule has 0 amide bonds. The number of benzene rings is 1. The Morgan fingerprint density at radius 2 is 1.90 bits per heavy atom. The fourth-order valence-electron chi connectivity index (χ4n) is 3.91. The van der Waals surface area contributed by atoms with E-state index in [0.717, 1.165) is 32.0 Å². The fraction of sp³-hybridized carbons (Fsp3) is 0.409. The van der Waals surface area contributed by atoms with Crippen molar-refractivity contribution in [3.63, 3.8) is 0 Å². The standard InChI is InChI=1S/C22H24N2O6/c1-14-4-2-9-24(13-14)10-3-11-28-16-7-5-15(6-8-16)18-17-12-23-20(25)19(18)30-22(27)21(26)29-17/h5-8,12,14H,2-4,9-11,13H2,1H3,(H,23,25)/t14-/m0/s1. The Bertz CT molecular complexity index is 998. The van der Waals surface area contributed by atoms with Crippen LogP contribution in [0.5, 0.6) is 17.2 Å². The smallest absolute Gasteiger partial charge is 0.423 e. The molecular formula is C22H24N2O6. The molecule has 0 saturated carbocycles. The Kier molecular flexibility index (Phi) is 5.85. The summed E-state index contributed by atoms with van der Waals surface area (Å²) in [4.78, 5) is 40.3. The molecule has 2 aromatic rings. The zero-order valence-corrected chi connectivity index (χ0v) is 16.8. The van der Waals surface area contributed by atoms with E-state index in [1.54, 1.807) is 24.3 Å². The van der Waals surface area contributed by atoms with Crippen molar-refractivity contribution in [1.82, 2.24) is 9.88 Å². The summed E-state index contributed by atoms with van der Waals surface area (Å²) < 4.78 is 15.8. The van der Waals surface area contributed by atoms with Crippen LogP contribution in [0.3, 0.4) is 0 Å². The summed E-state index contributed by atoms with van der Waals surface area (Å²) in [5.74, 6) is -1.14. The lowest BCUT2D eigenvalue weighted by Gasteiger charge is -2.30. The number of carbonyl (C=O) groups excluding carboxylic acids is 2. The van der Waals surface area contributed by atoms with Crippen LogP contribution in [0.1, 0.15) is 26.2 Å². The maximum atomic E-state index is 12.1. The van der Waals surface area contributed by atoms with Crippen molar-refractivity contribution in [2.75, 3.05) is 26.2 Å². The highest BCUT2D eigenvalue weighted by Crippen LogP contribution is 2.37. The summed E-state index contributed by atoms with van der Waals surface area (Å²) in [6, 6.07) is 7.01. The normalized spacial score (nSPS) is 19.0. The van der Waals surface area contributed by atoms with E-state index in [4.69, 9.17) is 14.2 Å². The Morgan fingerprint density at radius 1 is 1.13 bits per heavy atom. The molecule has 2 aliphatic rings. The number of H-pyrrole nitrogens is 1. The molecule has 30 heavy (non-hydrogen) atoms. The second-order valence-electron chi connectivity index (χ2n) is 7.74. The molecule has 1 fully saturated rings. The van der Waals surface area contributed by atoms with Crippen molar-refractivity contribution in [3.8, 4) is 28.4 Å². The minimum Gasteiger partial charge on any atom is -0.494 e. The van der Waals surface area contributed by atoms with Gasteiger partial charge in [-0.1, -0.05) is 19.1 Å². The minimum atomic E-state index is -1.23. The highest BCUT2D eigenvalue weighted by atomic mass is 16.6. The molecule has 0 unspecified atom stereocenters. The molecule has 2 aliphatic heterocycles. The number of hydrogen-bond donors (Lipinski definition) is 1. The number of pyridine rings is 1. The van der Waals surface area contributed by atoms with E-state index in [2.05, 4.69) is 16.8 Å². The summed E-state index contributed by atoms with van der Waals surface area (Å²) in [5.41, 5.74) is 0.208. The molecule has 158 valence electrons. The topological polar surface area (TPSA) is 97.9 Å². The molecule has 1 aromatic carbocycles. The van der Waals surface area contributed by atoms with Crippen molar-refractivity contribution >= 4 is 11.9 Å². The average molecular weight is 412 g/mol. The lowest BCUT2D eigenvalue weighted by atomic mass is 10.0. The average Bonchev–Trinajstić information content (AvgIpc) is 2.83. The van der Waals surface area contributed by atoms with Gasteiger partial charge >= 0.3 is 11.9 Å². The van der Waals surface area contributed by atoms with E-state index in [0.29, 0.717) is 17.9 Å². The number of ether oxygens (including phenoxy) is 3. The van der Waals surface area contributed by atoms with Gasteiger partial charge < -0.3 is 24.1 Å². The molecule has 0 aliphatic carbocycles. The number of nitrogens with one attached hydrogen (secondary N) is 1. The number of rotatable bonds is 6. The number of likely N-dealkylation sites (tertiary alicyclic amines) is 1. The quantitative estimate of drug-likeness (QED) is 0.442. The van der Waals surface area contributed by atoms with E-state index < -0.39 is 17.5 Å². The lowest BCUT2D eigenvalue weighted by Crippen LogP contribution is -2.35. The maximum absolute atomic E-state index is 12.1. The molecule has 8 heteroatoms. The molecule has 1 N–H and O–H groups in total. The summed E-state index contributed by atoms with van der Waals surface area (Å²) in [6.07, 6.45) is 4.77. The molecule has 4 rings (SSSR count). The first-order valence-electron chi connectivity index (χ1n) is 10.2. The Labute approximate surface area is 173 Å². The van der Waals surface area contributed by atoms with E-state index in [1.807, 2.05) is 0 Å². The number of fused-ring (bicyclic) bond motifs is 2. The largest absolute Gasteiger partial charge is 0.494 e. The second kappa shape index (κ2) is 8.71. The minimum absolute atomic E-state index is 0.0601. The number of esters is 2. The molecule has 2 bridgehead atoms. The van der Waals surface area contributed by atoms with E-state index in [-0.39, 0.29) is 17.1 Å². The van der Waals surface area contributed by atoms with Crippen molar-refractivity contribution < 1.29 is 23.8 Å². The predicted molar refractivity (Wildman–Crippen MR) is 109 cm³/mol. The number of hydrogen-bond acceptors (Lipinski definition) is 7. The fourth-order valence-corrected chi connectivity index (χ4v) is 3.91. The molecule has 8 nitrogen and oxygen atoms in total. The predicted octanol–water partition coefficient (Wildman–Crippen LogP) is 2.37. The highest BCUT2D eigenvalue weighted by molar-refractivity contribution is 6.31. The summed E-state index contributed by atoms with van der Waals surface area (Å²) >= 11 is 0. The van der Waals surface area contributed by atoms with Crippen molar-refractivity contribution in [2.24, 2.45) is 5.92 Å². The number of piperidine rings is 1. The van der Waals surface area contributed by atoms with Crippen LogP contribution in [-0.2, 0) is 9.59 Å². The van der Waals surface area contributed by atoms with Crippen molar-refractivity contribution in [3.05, 3.63) is 40.8 Å². The van der Waals surface area contributed by atoms with E-state index in [9.17, 15) is 14.4 Å².